The Morgan fingerprint density at radius 1 is 1.42 bits per heavy atom. The molecule has 0 bridgehead atoms. The summed E-state index contributed by atoms with van der Waals surface area (Å²) in [6.07, 6.45) is 7.98. The van der Waals surface area contributed by atoms with Crippen LogP contribution in [0.5, 0.6) is 0 Å². The van der Waals surface area contributed by atoms with E-state index in [-0.39, 0.29) is 0 Å². The van der Waals surface area contributed by atoms with Crippen molar-refractivity contribution < 1.29 is 0 Å². The number of hydrogen-bond donors (Lipinski definition) is 1. The normalized spacial score (nSPS) is 17.0. The Hall–Kier alpha value is -0.380. The average molecular weight is 280 g/mol. The first-order chi connectivity index (χ1) is 9.33. The molecule has 1 aromatic heterocycles. The summed E-state index contributed by atoms with van der Waals surface area (Å²) in [7, 11) is 0. The van der Waals surface area contributed by atoms with Crippen LogP contribution in [0.3, 0.4) is 0 Å². The van der Waals surface area contributed by atoms with Crippen LogP contribution in [0, 0.1) is 5.92 Å². The monoisotopic (exact) mass is 280 g/mol. The van der Waals surface area contributed by atoms with Crippen molar-refractivity contribution in [1.82, 2.24) is 4.90 Å². The predicted octanol–water partition coefficient (Wildman–Crippen LogP) is 3.87. The van der Waals surface area contributed by atoms with Crippen molar-refractivity contribution in [1.29, 1.82) is 0 Å². The molecule has 1 aliphatic carbocycles. The highest BCUT2D eigenvalue weighted by Crippen LogP contribution is 2.29. The van der Waals surface area contributed by atoms with Gasteiger partial charge in [-0.15, -0.1) is 0 Å². The van der Waals surface area contributed by atoms with Gasteiger partial charge in [0.2, 0.25) is 0 Å². The molecule has 0 aromatic carbocycles. The molecule has 2 N–H and O–H groups in total. The van der Waals surface area contributed by atoms with E-state index in [1.54, 1.807) is 0 Å². The maximum atomic E-state index is 5.68. The Labute approximate surface area is 122 Å². The van der Waals surface area contributed by atoms with Gasteiger partial charge in [-0.2, -0.15) is 11.3 Å². The van der Waals surface area contributed by atoms with Gasteiger partial charge in [-0.3, -0.25) is 4.90 Å². The van der Waals surface area contributed by atoms with Crippen LogP contribution in [-0.4, -0.2) is 24.0 Å². The van der Waals surface area contributed by atoms with Crippen LogP contribution in [0.2, 0.25) is 0 Å². The van der Waals surface area contributed by atoms with Gasteiger partial charge in [0.15, 0.2) is 0 Å². The van der Waals surface area contributed by atoms with Gasteiger partial charge in [0, 0.05) is 12.6 Å². The van der Waals surface area contributed by atoms with Gasteiger partial charge < -0.3 is 5.73 Å². The first-order valence-electron chi connectivity index (χ1n) is 7.78. The smallest absolute Gasteiger partial charge is 0.0244 e. The fourth-order valence-corrected chi connectivity index (χ4v) is 3.48. The molecular formula is C16H28N2S. The predicted molar refractivity (Wildman–Crippen MR) is 84.4 cm³/mol. The summed E-state index contributed by atoms with van der Waals surface area (Å²) < 4.78 is 0. The fraction of sp³-hybridized carbons (Fsp3) is 0.750. The fourth-order valence-electron chi connectivity index (χ4n) is 2.82. The van der Waals surface area contributed by atoms with Gasteiger partial charge >= 0.3 is 0 Å². The molecule has 0 saturated heterocycles. The van der Waals surface area contributed by atoms with Crippen LogP contribution in [0.25, 0.3) is 0 Å². The summed E-state index contributed by atoms with van der Waals surface area (Å²) in [4.78, 5) is 2.69. The molecule has 0 amide bonds. The van der Waals surface area contributed by atoms with E-state index in [1.165, 1.54) is 50.6 Å². The highest BCUT2D eigenvalue weighted by molar-refractivity contribution is 7.07. The van der Waals surface area contributed by atoms with Gasteiger partial charge in [0.05, 0.1) is 0 Å². The molecule has 3 heteroatoms. The molecule has 1 aromatic rings. The molecule has 0 spiro atoms. The Bertz CT molecular complexity index is 333. The van der Waals surface area contributed by atoms with E-state index in [0.717, 1.165) is 25.0 Å². The lowest BCUT2D eigenvalue weighted by molar-refractivity contribution is 0.240. The second-order valence-electron chi connectivity index (χ2n) is 5.83. The first kappa shape index (κ1) is 15.0. The molecule has 1 heterocycles. The molecule has 2 nitrogen and oxygen atoms in total. The molecule has 1 saturated carbocycles. The molecule has 1 atom stereocenters. The molecule has 0 radical (unpaired) electrons. The largest absolute Gasteiger partial charge is 0.330 e. The van der Waals surface area contributed by atoms with Crippen LogP contribution in [0.15, 0.2) is 16.8 Å². The van der Waals surface area contributed by atoms with E-state index in [4.69, 9.17) is 5.73 Å². The SMILES string of the molecule is CCC(CCN)CCCN(Cc1ccsc1)C1CC1. The summed E-state index contributed by atoms with van der Waals surface area (Å²) >= 11 is 1.81. The molecule has 19 heavy (non-hydrogen) atoms. The van der Waals surface area contributed by atoms with Crippen molar-refractivity contribution >= 4 is 11.3 Å². The van der Waals surface area contributed by atoms with E-state index >= 15 is 0 Å². The number of rotatable bonds is 10. The summed E-state index contributed by atoms with van der Waals surface area (Å²) in [6, 6.07) is 3.14. The van der Waals surface area contributed by atoms with Gasteiger partial charge in [0.1, 0.15) is 0 Å². The second kappa shape index (κ2) is 8.03. The molecule has 1 aliphatic rings. The number of thiophene rings is 1. The van der Waals surface area contributed by atoms with Crippen LogP contribution in [-0.2, 0) is 6.54 Å². The quantitative estimate of drug-likeness (QED) is 0.705. The van der Waals surface area contributed by atoms with Gasteiger partial charge in [-0.1, -0.05) is 13.3 Å². The van der Waals surface area contributed by atoms with Crippen LogP contribution in [0.1, 0.15) is 51.0 Å². The van der Waals surface area contributed by atoms with E-state index < -0.39 is 0 Å². The van der Waals surface area contributed by atoms with Crippen LogP contribution >= 0.6 is 11.3 Å². The van der Waals surface area contributed by atoms with E-state index in [9.17, 15) is 0 Å². The third-order valence-electron chi connectivity index (χ3n) is 4.24. The highest BCUT2D eigenvalue weighted by atomic mass is 32.1. The number of hydrogen-bond acceptors (Lipinski definition) is 3. The molecular weight excluding hydrogens is 252 g/mol. The summed E-state index contributed by atoms with van der Waals surface area (Å²) in [5.41, 5.74) is 7.17. The second-order valence-corrected chi connectivity index (χ2v) is 6.61. The van der Waals surface area contributed by atoms with Crippen LogP contribution < -0.4 is 5.73 Å². The Morgan fingerprint density at radius 3 is 2.84 bits per heavy atom. The number of nitrogens with zero attached hydrogens (tertiary/aromatic N) is 1. The van der Waals surface area contributed by atoms with E-state index in [1.807, 2.05) is 11.3 Å². The minimum atomic E-state index is 0.840. The zero-order valence-corrected chi connectivity index (χ0v) is 13.0. The van der Waals surface area contributed by atoms with Crippen LogP contribution in [0.4, 0.5) is 0 Å². The maximum Gasteiger partial charge on any atom is 0.0244 e. The summed E-state index contributed by atoms with van der Waals surface area (Å²) in [5, 5.41) is 4.48. The van der Waals surface area contributed by atoms with Crippen molar-refractivity contribution in [2.75, 3.05) is 13.1 Å². The molecule has 0 aliphatic heterocycles. The lowest BCUT2D eigenvalue weighted by Gasteiger charge is -2.23. The summed E-state index contributed by atoms with van der Waals surface area (Å²) in [5.74, 6) is 0.840. The summed E-state index contributed by atoms with van der Waals surface area (Å²) in [6.45, 7) is 5.56. The topological polar surface area (TPSA) is 29.3 Å². The Balaban J connectivity index is 1.71. The third-order valence-corrected chi connectivity index (χ3v) is 4.97. The molecule has 1 fully saturated rings. The Kier molecular flexibility index (Phi) is 6.35. The van der Waals surface area contributed by atoms with Crippen molar-refractivity contribution in [3.63, 3.8) is 0 Å². The Morgan fingerprint density at radius 2 is 2.26 bits per heavy atom. The number of nitrogens with two attached hydrogens (primary N) is 1. The first-order valence-corrected chi connectivity index (χ1v) is 8.73. The van der Waals surface area contributed by atoms with Crippen molar-refractivity contribution in [2.45, 2.75) is 58.0 Å². The minimum Gasteiger partial charge on any atom is -0.330 e. The molecule has 1 unspecified atom stereocenters. The lowest BCUT2D eigenvalue weighted by Crippen LogP contribution is -2.27. The zero-order chi connectivity index (χ0) is 13.5. The van der Waals surface area contributed by atoms with E-state index in [2.05, 4.69) is 28.7 Å². The lowest BCUT2D eigenvalue weighted by atomic mass is 9.96. The standard InChI is InChI=1S/C16H28N2S/c1-2-14(7-9-17)4-3-10-18(16-5-6-16)12-15-8-11-19-13-15/h8,11,13-14,16H,2-7,9-10,12,17H2,1H3. The van der Waals surface area contributed by atoms with Crippen molar-refractivity contribution in [3.05, 3.63) is 22.4 Å². The van der Waals surface area contributed by atoms with E-state index in [0.29, 0.717) is 0 Å². The van der Waals surface area contributed by atoms with Gasteiger partial charge in [0.25, 0.3) is 0 Å². The third kappa shape index (κ3) is 5.25. The van der Waals surface area contributed by atoms with Gasteiger partial charge in [-0.05, 0) is 73.5 Å². The van der Waals surface area contributed by atoms with Crippen molar-refractivity contribution in [3.8, 4) is 0 Å². The van der Waals surface area contributed by atoms with Gasteiger partial charge in [-0.25, -0.2) is 0 Å². The molecule has 108 valence electrons. The van der Waals surface area contributed by atoms with Crippen molar-refractivity contribution in [2.24, 2.45) is 11.7 Å². The minimum absolute atomic E-state index is 0.840. The molecule has 2 rings (SSSR count). The maximum absolute atomic E-state index is 5.68. The average Bonchev–Trinajstić information content (AvgIpc) is 3.14. The highest BCUT2D eigenvalue weighted by Gasteiger charge is 2.28. The zero-order valence-electron chi connectivity index (χ0n) is 12.2.